The number of nitrogens with two attached hydrogens (primary N) is 1. The monoisotopic (exact) mass is 606 g/mol. The number of nitrogens with one attached hydrogen (secondary N) is 5. The number of likely N-dealkylation sites (N-methyl/N-ethyl adjacent to an activating group) is 1. The number of hydrogen-bond donors (Lipinski definition) is 6. The summed E-state index contributed by atoms with van der Waals surface area (Å²) in [6.45, 7) is 19.7. The highest BCUT2D eigenvalue weighted by Crippen LogP contribution is 2.35. The molecule has 0 amide bonds. The molecule has 0 bridgehead atoms. The van der Waals surface area contributed by atoms with Crippen molar-refractivity contribution < 1.29 is 0 Å². The van der Waals surface area contributed by atoms with E-state index in [4.69, 9.17) is 5.73 Å². The lowest BCUT2D eigenvalue weighted by Crippen LogP contribution is -2.40. The highest BCUT2D eigenvalue weighted by Gasteiger charge is 2.30. The van der Waals surface area contributed by atoms with Crippen molar-refractivity contribution in [3.05, 3.63) is 144 Å². The molecule has 7 N–H and O–H groups in total. The Hall–Kier alpha value is -4.53. The average molecular weight is 607 g/mol. The fraction of sp³-hybridized carbons (Fsp3) is 0.324. The highest BCUT2D eigenvalue weighted by molar-refractivity contribution is 5.79. The molecule has 238 valence electrons. The van der Waals surface area contributed by atoms with Gasteiger partial charge in [-0.2, -0.15) is 0 Å². The van der Waals surface area contributed by atoms with Crippen LogP contribution in [0.15, 0.2) is 121 Å². The van der Waals surface area contributed by atoms with Crippen molar-refractivity contribution in [3.63, 3.8) is 0 Å². The zero-order valence-electron chi connectivity index (χ0n) is 26.9. The summed E-state index contributed by atoms with van der Waals surface area (Å²) in [4.78, 5) is 7.02. The molecule has 45 heavy (non-hydrogen) atoms. The van der Waals surface area contributed by atoms with Gasteiger partial charge in [0.15, 0.2) is 5.96 Å². The lowest BCUT2D eigenvalue weighted by molar-refractivity contribution is 0.218. The van der Waals surface area contributed by atoms with Crippen molar-refractivity contribution in [2.24, 2.45) is 10.7 Å². The van der Waals surface area contributed by atoms with Gasteiger partial charge in [0.1, 0.15) is 0 Å². The van der Waals surface area contributed by atoms with Crippen LogP contribution in [0.1, 0.15) is 46.7 Å². The van der Waals surface area contributed by atoms with Gasteiger partial charge in [-0.1, -0.05) is 104 Å². The summed E-state index contributed by atoms with van der Waals surface area (Å²) in [7, 11) is 1.91. The summed E-state index contributed by atoms with van der Waals surface area (Å²) >= 11 is 0. The molecule has 1 aliphatic heterocycles. The summed E-state index contributed by atoms with van der Waals surface area (Å²) in [5, 5.41) is 16.7. The maximum atomic E-state index is 6.13. The predicted molar refractivity (Wildman–Crippen MR) is 188 cm³/mol. The second kappa shape index (κ2) is 17.1. The van der Waals surface area contributed by atoms with E-state index < -0.39 is 0 Å². The predicted octanol–water partition coefficient (Wildman–Crippen LogP) is 4.79. The number of aliphatic imine (C=N–C) groups is 1. The third-order valence-electron chi connectivity index (χ3n) is 8.02. The van der Waals surface area contributed by atoms with Crippen LogP contribution >= 0.6 is 0 Å². The fourth-order valence-corrected chi connectivity index (χ4v) is 5.56. The third-order valence-corrected chi connectivity index (χ3v) is 8.02. The van der Waals surface area contributed by atoms with Gasteiger partial charge < -0.3 is 32.3 Å². The van der Waals surface area contributed by atoms with Gasteiger partial charge in [-0.15, -0.1) is 0 Å². The molecule has 1 heterocycles. The molecule has 0 fully saturated rings. The van der Waals surface area contributed by atoms with Gasteiger partial charge in [0.25, 0.3) is 0 Å². The Morgan fingerprint density at radius 3 is 2.20 bits per heavy atom. The maximum Gasteiger partial charge on any atom is 0.194 e. The van der Waals surface area contributed by atoms with Crippen LogP contribution in [-0.4, -0.2) is 43.6 Å². The van der Waals surface area contributed by atoms with Crippen molar-refractivity contribution in [2.75, 3.05) is 26.7 Å². The molecular weight excluding hydrogens is 556 g/mol. The van der Waals surface area contributed by atoms with E-state index in [0.29, 0.717) is 24.9 Å². The zero-order valence-corrected chi connectivity index (χ0v) is 26.9. The standard InChI is InChI=1S/C37H50N8/c1-27-17-19-31(20-18-27)24-42-28(2)35(16-11-21-41-37(38)44-30(4)40-23-22-39-5)43-29(3)36(32-12-7-6-8-13-32)45-25-33-14-9-10-15-34(33)26-45/h6-10,12-15,17-20,35-36,39-40,42-43H,2-4,11,16,21-26H2,1,5H3,(H3,38,41,44). The number of fused-ring (bicyclic) bond motifs is 1. The summed E-state index contributed by atoms with van der Waals surface area (Å²) < 4.78 is 0. The molecule has 0 spiro atoms. The van der Waals surface area contributed by atoms with Gasteiger partial charge >= 0.3 is 0 Å². The summed E-state index contributed by atoms with van der Waals surface area (Å²) in [5.74, 6) is 0.979. The summed E-state index contributed by atoms with van der Waals surface area (Å²) in [6, 6.07) is 27.8. The number of benzene rings is 3. The van der Waals surface area contributed by atoms with Gasteiger partial charge in [0.05, 0.1) is 17.9 Å². The van der Waals surface area contributed by atoms with Crippen molar-refractivity contribution in [1.29, 1.82) is 0 Å². The molecule has 2 unspecified atom stereocenters. The lowest BCUT2D eigenvalue weighted by atomic mass is 10.0. The Balaban J connectivity index is 1.44. The van der Waals surface area contributed by atoms with Crippen molar-refractivity contribution in [2.45, 2.75) is 51.5 Å². The molecule has 1 aliphatic rings. The van der Waals surface area contributed by atoms with Gasteiger partial charge in [0, 0.05) is 50.7 Å². The molecule has 0 saturated heterocycles. The first kappa shape index (κ1) is 33.4. The smallest absolute Gasteiger partial charge is 0.194 e. The average Bonchev–Trinajstić information content (AvgIpc) is 3.46. The van der Waals surface area contributed by atoms with Crippen molar-refractivity contribution in [1.82, 2.24) is 31.5 Å². The normalized spacial score (nSPS) is 14.2. The van der Waals surface area contributed by atoms with Gasteiger partial charge in [0.2, 0.25) is 0 Å². The van der Waals surface area contributed by atoms with Crippen LogP contribution in [-0.2, 0) is 19.6 Å². The van der Waals surface area contributed by atoms with Crippen LogP contribution in [0.3, 0.4) is 0 Å². The molecule has 0 saturated carbocycles. The van der Waals surface area contributed by atoms with E-state index >= 15 is 0 Å². The first-order valence-electron chi connectivity index (χ1n) is 15.8. The van der Waals surface area contributed by atoms with E-state index in [1.165, 1.54) is 27.8 Å². The molecule has 0 radical (unpaired) electrons. The van der Waals surface area contributed by atoms with E-state index in [0.717, 1.165) is 50.4 Å². The van der Waals surface area contributed by atoms with Crippen molar-refractivity contribution >= 4 is 5.96 Å². The van der Waals surface area contributed by atoms with E-state index in [1.807, 2.05) is 7.05 Å². The first-order chi connectivity index (χ1) is 21.8. The molecule has 8 heteroatoms. The second-order valence-corrected chi connectivity index (χ2v) is 11.6. The number of guanidine groups is 1. The minimum Gasteiger partial charge on any atom is -0.383 e. The Labute approximate surface area is 269 Å². The summed E-state index contributed by atoms with van der Waals surface area (Å²) in [6.07, 6.45) is 1.61. The maximum absolute atomic E-state index is 6.13. The van der Waals surface area contributed by atoms with Gasteiger partial charge in [-0.05, 0) is 49.1 Å². The van der Waals surface area contributed by atoms with E-state index in [1.54, 1.807) is 0 Å². The zero-order chi connectivity index (χ0) is 32.0. The SMILES string of the molecule is C=C(NCCNC)NC(N)=NCCCC(NC(=C)C(c1ccccc1)N1Cc2ccccc2C1)C(=C)NCc1ccc(C)cc1. The van der Waals surface area contributed by atoms with Gasteiger partial charge in [-0.25, -0.2) is 0 Å². The Kier molecular flexibility index (Phi) is 12.7. The number of aryl methyl sites for hydroxylation is 1. The minimum absolute atomic E-state index is 0.00489. The van der Waals surface area contributed by atoms with Crippen LogP contribution in [0.25, 0.3) is 0 Å². The summed E-state index contributed by atoms with van der Waals surface area (Å²) in [5.41, 5.74) is 14.4. The second-order valence-electron chi connectivity index (χ2n) is 11.6. The molecule has 8 nitrogen and oxygen atoms in total. The third kappa shape index (κ3) is 10.3. The highest BCUT2D eigenvalue weighted by atomic mass is 15.2. The number of rotatable bonds is 18. The Morgan fingerprint density at radius 1 is 0.867 bits per heavy atom. The van der Waals surface area contributed by atoms with E-state index in [-0.39, 0.29) is 12.1 Å². The minimum atomic E-state index is -0.0540. The van der Waals surface area contributed by atoms with Crippen LogP contribution in [0.4, 0.5) is 0 Å². The van der Waals surface area contributed by atoms with E-state index in [9.17, 15) is 0 Å². The first-order valence-corrected chi connectivity index (χ1v) is 15.8. The molecule has 0 aliphatic carbocycles. The largest absolute Gasteiger partial charge is 0.383 e. The van der Waals surface area contributed by atoms with Crippen LogP contribution in [0, 0.1) is 6.92 Å². The Morgan fingerprint density at radius 2 is 1.53 bits per heavy atom. The molecule has 3 aromatic carbocycles. The lowest BCUT2D eigenvalue weighted by Gasteiger charge is -2.33. The van der Waals surface area contributed by atoms with Crippen LogP contribution in [0.5, 0.6) is 0 Å². The topological polar surface area (TPSA) is 102 Å². The Bertz CT molecular complexity index is 1410. The molecule has 4 rings (SSSR count). The molecular formula is C37H50N8. The van der Waals surface area contributed by atoms with Crippen LogP contribution in [0.2, 0.25) is 0 Å². The number of hydrogen-bond acceptors (Lipinski definition) is 6. The molecule has 3 aromatic rings. The fourth-order valence-electron chi connectivity index (χ4n) is 5.56. The number of nitrogens with zero attached hydrogens (tertiary/aromatic N) is 2. The van der Waals surface area contributed by atoms with Gasteiger partial charge in [-0.3, -0.25) is 9.89 Å². The van der Waals surface area contributed by atoms with Crippen molar-refractivity contribution in [3.8, 4) is 0 Å². The van der Waals surface area contributed by atoms with E-state index in [2.05, 4.69) is 142 Å². The molecule has 0 aromatic heterocycles. The van der Waals surface area contributed by atoms with Crippen LogP contribution < -0.4 is 32.3 Å². The molecule has 2 atom stereocenters. The quantitative estimate of drug-likeness (QED) is 0.0703.